The molecule has 0 amide bonds. The van der Waals surface area contributed by atoms with E-state index in [0.717, 1.165) is 25.5 Å². The van der Waals surface area contributed by atoms with E-state index < -0.39 is 0 Å². The van der Waals surface area contributed by atoms with Crippen molar-refractivity contribution in [3.05, 3.63) is 17.7 Å². The van der Waals surface area contributed by atoms with Crippen molar-refractivity contribution in [1.82, 2.24) is 14.9 Å². The van der Waals surface area contributed by atoms with Crippen molar-refractivity contribution in [1.29, 1.82) is 0 Å². The largest absolute Gasteiger partial charge is 0.331 e. The molecule has 0 unspecified atom stereocenters. The number of aryl methyl sites for hydroxylation is 1. The minimum Gasteiger partial charge on any atom is -0.331 e. The second-order valence-electron chi connectivity index (χ2n) is 6.24. The molecular formula is C17H33N3. The lowest BCUT2D eigenvalue weighted by Crippen LogP contribution is -2.21. The fourth-order valence-corrected chi connectivity index (χ4v) is 2.50. The van der Waals surface area contributed by atoms with Gasteiger partial charge in [0.1, 0.15) is 5.82 Å². The molecule has 3 heteroatoms. The highest BCUT2D eigenvalue weighted by molar-refractivity contribution is 5.04. The van der Waals surface area contributed by atoms with Crippen LogP contribution in [0, 0.1) is 12.8 Å². The molecule has 20 heavy (non-hydrogen) atoms. The number of aromatic nitrogens is 2. The Morgan fingerprint density at radius 2 is 1.85 bits per heavy atom. The molecule has 1 heterocycles. The molecule has 0 aromatic carbocycles. The van der Waals surface area contributed by atoms with Gasteiger partial charge in [-0.2, -0.15) is 0 Å². The molecule has 0 radical (unpaired) electrons. The van der Waals surface area contributed by atoms with E-state index in [1.54, 1.807) is 0 Å². The Kier molecular flexibility index (Phi) is 8.59. The molecule has 1 N–H and O–H groups in total. The van der Waals surface area contributed by atoms with E-state index >= 15 is 0 Å². The zero-order valence-corrected chi connectivity index (χ0v) is 13.9. The quantitative estimate of drug-likeness (QED) is 0.612. The first-order chi connectivity index (χ1) is 9.65. The number of rotatable bonds is 11. The van der Waals surface area contributed by atoms with Gasteiger partial charge in [-0.05, 0) is 25.8 Å². The Bertz CT molecular complexity index is 355. The zero-order chi connectivity index (χ0) is 14.8. The number of hydrogen-bond acceptors (Lipinski definition) is 2. The topological polar surface area (TPSA) is 29.9 Å². The summed E-state index contributed by atoms with van der Waals surface area (Å²) in [5.74, 6) is 1.85. The maximum atomic E-state index is 4.47. The van der Waals surface area contributed by atoms with Crippen LogP contribution in [0.1, 0.15) is 70.8 Å². The molecule has 1 rings (SSSR count). The number of nitrogens with one attached hydrogen (secondary N) is 1. The first-order valence-electron chi connectivity index (χ1n) is 8.36. The van der Waals surface area contributed by atoms with Crippen molar-refractivity contribution >= 4 is 0 Å². The number of nitrogens with zero attached hydrogens (tertiary/aromatic N) is 2. The number of unbranched alkanes of at least 4 members (excludes halogenated alkanes) is 5. The summed E-state index contributed by atoms with van der Waals surface area (Å²) in [5, 5.41) is 3.51. The summed E-state index contributed by atoms with van der Waals surface area (Å²) in [6.45, 7) is 12.0. The van der Waals surface area contributed by atoms with Crippen LogP contribution in [0.3, 0.4) is 0 Å². The van der Waals surface area contributed by atoms with Gasteiger partial charge in [0.05, 0.1) is 5.69 Å². The third kappa shape index (κ3) is 6.56. The van der Waals surface area contributed by atoms with Gasteiger partial charge in [-0.25, -0.2) is 4.98 Å². The van der Waals surface area contributed by atoms with Crippen molar-refractivity contribution in [2.24, 2.45) is 5.92 Å². The fraction of sp³-hybridized carbons (Fsp3) is 0.824. The van der Waals surface area contributed by atoms with E-state index in [2.05, 4.69) is 42.6 Å². The Hall–Kier alpha value is -0.830. The van der Waals surface area contributed by atoms with Crippen LogP contribution < -0.4 is 5.32 Å². The Labute approximate surface area is 125 Å². The molecule has 1 aromatic heterocycles. The van der Waals surface area contributed by atoms with Gasteiger partial charge in [0, 0.05) is 19.3 Å². The first-order valence-corrected chi connectivity index (χ1v) is 8.36. The summed E-state index contributed by atoms with van der Waals surface area (Å²) in [7, 11) is 0. The highest BCUT2D eigenvalue weighted by Crippen LogP contribution is 2.10. The van der Waals surface area contributed by atoms with Crippen LogP contribution in [0.2, 0.25) is 0 Å². The highest BCUT2D eigenvalue weighted by Gasteiger charge is 2.06. The SMILES string of the molecule is CCCCCCCCn1c(CNCC(C)C)cnc1C. The molecule has 1 aromatic rings. The van der Waals surface area contributed by atoms with Gasteiger partial charge in [0.25, 0.3) is 0 Å². The molecule has 0 atom stereocenters. The average molecular weight is 279 g/mol. The van der Waals surface area contributed by atoms with Crippen molar-refractivity contribution in [2.45, 2.75) is 79.3 Å². The van der Waals surface area contributed by atoms with Gasteiger partial charge in [0.2, 0.25) is 0 Å². The summed E-state index contributed by atoms with van der Waals surface area (Å²) < 4.78 is 2.38. The summed E-state index contributed by atoms with van der Waals surface area (Å²) in [6, 6.07) is 0. The predicted octanol–water partition coefficient (Wildman–Crippen LogP) is 4.30. The molecule has 0 saturated carbocycles. The third-order valence-corrected chi connectivity index (χ3v) is 3.73. The molecule has 0 aliphatic carbocycles. The minimum absolute atomic E-state index is 0.700. The molecular weight excluding hydrogens is 246 g/mol. The Balaban J connectivity index is 2.31. The second-order valence-corrected chi connectivity index (χ2v) is 6.24. The standard InChI is InChI=1S/C17H33N3/c1-5-6-7-8-9-10-11-20-16(4)19-14-17(20)13-18-12-15(2)3/h14-15,18H,5-13H2,1-4H3. The second kappa shape index (κ2) is 9.98. The van der Waals surface area contributed by atoms with Gasteiger partial charge in [0.15, 0.2) is 0 Å². The summed E-state index contributed by atoms with van der Waals surface area (Å²) in [6.07, 6.45) is 10.1. The number of hydrogen-bond donors (Lipinski definition) is 1. The molecule has 0 aliphatic heterocycles. The lowest BCUT2D eigenvalue weighted by atomic mass is 10.1. The van der Waals surface area contributed by atoms with Crippen LogP contribution in [0.4, 0.5) is 0 Å². The lowest BCUT2D eigenvalue weighted by molar-refractivity contribution is 0.512. The Morgan fingerprint density at radius 3 is 2.55 bits per heavy atom. The molecule has 0 saturated heterocycles. The van der Waals surface area contributed by atoms with Crippen molar-refractivity contribution in [3.63, 3.8) is 0 Å². The monoisotopic (exact) mass is 279 g/mol. The predicted molar refractivity (Wildman–Crippen MR) is 86.9 cm³/mol. The van der Waals surface area contributed by atoms with Crippen molar-refractivity contribution in [2.75, 3.05) is 6.54 Å². The van der Waals surface area contributed by atoms with Crippen LogP contribution in [0.5, 0.6) is 0 Å². The average Bonchev–Trinajstić information content (AvgIpc) is 2.75. The van der Waals surface area contributed by atoms with Crippen molar-refractivity contribution < 1.29 is 0 Å². The minimum atomic E-state index is 0.700. The Morgan fingerprint density at radius 1 is 1.15 bits per heavy atom. The maximum absolute atomic E-state index is 4.47. The van der Waals surface area contributed by atoms with Gasteiger partial charge >= 0.3 is 0 Å². The molecule has 0 fully saturated rings. The molecule has 0 aliphatic rings. The van der Waals surface area contributed by atoms with E-state index in [-0.39, 0.29) is 0 Å². The van der Waals surface area contributed by atoms with E-state index in [9.17, 15) is 0 Å². The molecule has 0 spiro atoms. The smallest absolute Gasteiger partial charge is 0.105 e. The van der Waals surface area contributed by atoms with Crippen LogP contribution in [-0.2, 0) is 13.1 Å². The first kappa shape index (κ1) is 17.2. The molecule has 3 nitrogen and oxygen atoms in total. The van der Waals surface area contributed by atoms with Gasteiger partial charge in [-0.3, -0.25) is 0 Å². The van der Waals surface area contributed by atoms with E-state index in [1.165, 1.54) is 44.2 Å². The van der Waals surface area contributed by atoms with E-state index in [1.807, 2.05) is 6.20 Å². The van der Waals surface area contributed by atoms with E-state index in [4.69, 9.17) is 0 Å². The fourth-order valence-electron chi connectivity index (χ4n) is 2.50. The normalized spacial score (nSPS) is 11.4. The summed E-state index contributed by atoms with van der Waals surface area (Å²) in [5.41, 5.74) is 1.33. The third-order valence-electron chi connectivity index (χ3n) is 3.73. The summed E-state index contributed by atoms with van der Waals surface area (Å²) >= 11 is 0. The van der Waals surface area contributed by atoms with Crippen LogP contribution in [-0.4, -0.2) is 16.1 Å². The summed E-state index contributed by atoms with van der Waals surface area (Å²) in [4.78, 5) is 4.47. The highest BCUT2D eigenvalue weighted by atomic mass is 15.1. The maximum Gasteiger partial charge on any atom is 0.105 e. The molecule has 116 valence electrons. The zero-order valence-electron chi connectivity index (χ0n) is 13.9. The van der Waals surface area contributed by atoms with Gasteiger partial charge < -0.3 is 9.88 Å². The van der Waals surface area contributed by atoms with Crippen molar-refractivity contribution in [3.8, 4) is 0 Å². The van der Waals surface area contributed by atoms with E-state index in [0.29, 0.717) is 5.92 Å². The van der Waals surface area contributed by atoms with Crippen LogP contribution in [0.25, 0.3) is 0 Å². The molecule has 0 bridgehead atoms. The van der Waals surface area contributed by atoms with Gasteiger partial charge in [-0.1, -0.05) is 52.9 Å². The lowest BCUT2D eigenvalue weighted by Gasteiger charge is -2.12. The van der Waals surface area contributed by atoms with Crippen LogP contribution >= 0.6 is 0 Å². The number of imidazole rings is 1. The van der Waals surface area contributed by atoms with Crippen LogP contribution in [0.15, 0.2) is 6.20 Å². The van der Waals surface area contributed by atoms with Gasteiger partial charge in [-0.15, -0.1) is 0 Å².